The zero-order valence-electron chi connectivity index (χ0n) is 52.6. The molecular formula is C66H123NO18. The Kier molecular flexibility index (Phi) is 44.7. The van der Waals surface area contributed by atoms with Crippen LogP contribution in [-0.2, 0) is 33.2 Å². The van der Waals surface area contributed by atoms with Crippen molar-refractivity contribution in [3.05, 3.63) is 24.3 Å². The number of aliphatic hydroxyl groups is 11. The summed E-state index contributed by atoms with van der Waals surface area (Å²) in [7, 11) is 0. The molecule has 3 aliphatic heterocycles. The molecule has 3 aliphatic rings. The third kappa shape index (κ3) is 31.7. The fourth-order valence-corrected chi connectivity index (χ4v) is 11.7. The summed E-state index contributed by atoms with van der Waals surface area (Å²) in [5, 5.41) is 120. The van der Waals surface area contributed by atoms with Gasteiger partial charge < -0.3 is 89.9 Å². The molecule has 0 aromatic heterocycles. The second-order valence-corrected chi connectivity index (χ2v) is 24.6. The van der Waals surface area contributed by atoms with Crippen LogP contribution in [0.2, 0.25) is 0 Å². The number of hydrogen-bond acceptors (Lipinski definition) is 18. The zero-order valence-corrected chi connectivity index (χ0v) is 52.6. The number of carbonyl (C=O) groups is 1. The van der Waals surface area contributed by atoms with Crippen LogP contribution >= 0.6 is 0 Å². The molecule has 0 aromatic rings. The lowest BCUT2D eigenvalue weighted by molar-refractivity contribution is -0.379. The van der Waals surface area contributed by atoms with Gasteiger partial charge in [0.25, 0.3) is 0 Å². The minimum atomic E-state index is -1.98. The zero-order chi connectivity index (χ0) is 61.9. The van der Waals surface area contributed by atoms with E-state index in [1.807, 2.05) is 6.08 Å². The van der Waals surface area contributed by atoms with Gasteiger partial charge in [-0.1, -0.05) is 231 Å². The van der Waals surface area contributed by atoms with Crippen LogP contribution in [0.4, 0.5) is 0 Å². The van der Waals surface area contributed by atoms with Gasteiger partial charge in [-0.05, 0) is 44.9 Å². The molecule has 19 nitrogen and oxygen atoms in total. The highest BCUT2D eigenvalue weighted by Gasteiger charge is 2.53. The van der Waals surface area contributed by atoms with Crippen LogP contribution in [0.15, 0.2) is 24.3 Å². The topological polar surface area (TPSA) is 307 Å². The Labute approximate surface area is 511 Å². The van der Waals surface area contributed by atoms with E-state index >= 15 is 0 Å². The van der Waals surface area contributed by atoms with Crippen molar-refractivity contribution in [2.24, 2.45) is 0 Å². The van der Waals surface area contributed by atoms with Crippen molar-refractivity contribution in [3.63, 3.8) is 0 Å². The predicted octanol–water partition coefficient (Wildman–Crippen LogP) is 8.27. The van der Waals surface area contributed by atoms with Gasteiger partial charge in [0.15, 0.2) is 18.9 Å². The predicted molar refractivity (Wildman–Crippen MR) is 328 cm³/mol. The lowest BCUT2D eigenvalue weighted by atomic mass is 9.96. The minimum Gasteiger partial charge on any atom is -0.394 e. The number of hydrogen-bond donors (Lipinski definition) is 12. The van der Waals surface area contributed by atoms with Gasteiger partial charge in [-0.15, -0.1) is 0 Å². The normalized spacial score (nSPS) is 29.1. The molecular weight excluding hydrogens is 1090 g/mol. The highest BCUT2D eigenvalue weighted by molar-refractivity contribution is 5.76. The summed E-state index contributed by atoms with van der Waals surface area (Å²) >= 11 is 0. The molecule has 500 valence electrons. The first kappa shape index (κ1) is 77.5. The van der Waals surface area contributed by atoms with E-state index in [-0.39, 0.29) is 18.9 Å². The molecule has 19 heteroatoms. The Morgan fingerprint density at radius 3 is 1.16 bits per heavy atom. The van der Waals surface area contributed by atoms with Crippen LogP contribution in [0.25, 0.3) is 0 Å². The Morgan fingerprint density at radius 1 is 0.412 bits per heavy atom. The summed E-state index contributed by atoms with van der Waals surface area (Å²) in [5.41, 5.74) is 0. The molecule has 3 rings (SSSR count). The average Bonchev–Trinajstić information content (AvgIpc) is 3.18. The van der Waals surface area contributed by atoms with Gasteiger partial charge in [-0.3, -0.25) is 4.79 Å². The Bertz CT molecular complexity index is 1640. The first-order valence-electron chi connectivity index (χ1n) is 34.1. The molecule has 0 radical (unpaired) electrons. The smallest absolute Gasteiger partial charge is 0.220 e. The number of ether oxygens (including phenoxy) is 6. The largest absolute Gasteiger partial charge is 0.394 e. The van der Waals surface area contributed by atoms with E-state index < -0.39 is 124 Å². The fraction of sp³-hybridized carbons (Fsp3) is 0.924. The van der Waals surface area contributed by atoms with E-state index in [1.54, 1.807) is 6.08 Å². The van der Waals surface area contributed by atoms with Gasteiger partial charge in [0.1, 0.15) is 73.2 Å². The van der Waals surface area contributed by atoms with E-state index in [0.29, 0.717) is 6.42 Å². The van der Waals surface area contributed by atoms with Crippen LogP contribution in [-0.4, -0.2) is 193 Å². The Balaban J connectivity index is 1.41. The minimum absolute atomic E-state index is 0.234. The van der Waals surface area contributed by atoms with Crippen molar-refractivity contribution >= 4 is 5.91 Å². The van der Waals surface area contributed by atoms with Gasteiger partial charge >= 0.3 is 0 Å². The molecule has 3 heterocycles. The summed E-state index contributed by atoms with van der Waals surface area (Å²) in [4.78, 5) is 13.3. The Morgan fingerprint density at radius 2 is 0.741 bits per heavy atom. The molecule has 1 amide bonds. The number of rotatable bonds is 52. The number of carbonyl (C=O) groups excluding carboxylic acids is 1. The summed E-state index contributed by atoms with van der Waals surface area (Å²) < 4.78 is 34.3. The number of nitrogens with one attached hydrogen (secondary N) is 1. The van der Waals surface area contributed by atoms with Crippen molar-refractivity contribution in [1.82, 2.24) is 5.32 Å². The van der Waals surface area contributed by atoms with Gasteiger partial charge in [-0.2, -0.15) is 0 Å². The maximum atomic E-state index is 13.3. The number of amides is 1. The second-order valence-electron chi connectivity index (χ2n) is 24.6. The molecule has 0 aliphatic carbocycles. The van der Waals surface area contributed by atoms with E-state index in [0.717, 1.165) is 64.2 Å². The quantitative estimate of drug-likeness (QED) is 0.0201. The number of allylic oxidation sites excluding steroid dienone is 3. The summed E-state index contributed by atoms with van der Waals surface area (Å²) in [6.07, 6.45) is 27.5. The molecule has 0 bridgehead atoms. The Hall–Kier alpha value is -1.73. The first-order chi connectivity index (χ1) is 41.3. The molecule has 12 N–H and O–H groups in total. The standard InChI is InChI=1S/C66H123NO18/c1-3-5-7-9-11-13-15-17-18-19-20-21-22-23-24-25-26-27-28-29-30-31-32-33-35-37-39-41-43-50(71)49(67-54(72)44-42-40-38-36-34-16-14-12-10-8-6-4-2)48-80-64-60(78)57(75)62(52(46-69)82-64)85-66-61(79)58(76)63(53(47-70)83-66)84-65-59(77)56(74)55(73)51(45-68)81-65/h12,14,41,43,49-53,55-66,68-71,73-79H,3-11,13,15-40,42,44-48H2,1-2H3,(H,67,72)/b14-12-,43-41+. The van der Waals surface area contributed by atoms with Crippen molar-refractivity contribution in [3.8, 4) is 0 Å². The first-order valence-corrected chi connectivity index (χ1v) is 34.1. The van der Waals surface area contributed by atoms with Crippen molar-refractivity contribution in [2.45, 2.75) is 362 Å². The lowest BCUT2D eigenvalue weighted by Gasteiger charge is -2.48. The van der Waals surface area contributed by atoms with Crippen LogP contribution in [0.1, 0.15) is 258 Å². The molecule has 3 saturated heterocycles. The van der Waals surface area contributed by atoms with E-state index in [4.69, 9.17) is 28.4 Å². The molecule has 3 fully saturated rings. The summed E-state index contributed by atoms with van der Waals surface area (Å²) in [6, 6.07) is -0.975. The van der Waals surface area contributed by atoms with Gasteiger partial charge in [0.2, 0.25) is 5.91 Å². The van der Waals surface area contributed by atoms with Crippen LogP contribution in [0.5, 0.6) is 0 Å². The second kappa shape index (κ2) is 49.0. The molecule has 0 saturated carbocycles. The van der Waals surface area contributed by atoms with Gasteiger partial charge in [-0.25, -0.2) is 0 Å². The average molecular weight is 1220 g/mol. The molecule has 17 atom stereocenters. The highest BCUT2D eigenvalue weighted by Crippen LogP contribution is 2.33. The van der Waals surface area contributed by atoms with Crippen LogP contribution in [0, 0.1) is 0 Å². The van der Waals surface area contributed by atoms with E-state index in [9.17, 15) is 61.0 Å². The molecule has 85 heavy (non-hydrogen) atoms. The van der Waals surface area contributed by atoms with Crippen molar-refractivity contribution < 1.29 is 89.4 Å². The molecule has 17 unspecified atom stereocenters. The van der Waals surface area contributed by atoms with Crippen molar-refractivity contribution in [2.75, 3.05) is 26.4 Å². The monoisotopic (exact) mass is 1220 g/mol. The fourth-order valence-electron chi connectivity index (χ4n) is 11.7. The third-order valence-corrected chi connectivity index (χ3v) is 17.2. The number of aliphatic hydroxyl groups excluding tert-OH is 11. The number of unbranched alkanes of at least 4 members (excludes halogenated alkanes) is 34. The van der Waals surface area contributed by atoms with Crippen molar-refractivity contribution in [1.29, 1.82) is 0 Å². The maximum Gasteiger partial charge on any atom is 0.220 e. The van der Waals surface area contributed by atoms with Crippen LogP contribution < -0.4 is 5.32 Å². The molecule has 0 spiro atoms. The molecule has 0 aromatic carbocycles. The third-order valence-electron chi connectivity index (χ3n) is 17.2. The van der Waals surface area contributed by atoms with E-state index in [1.165, 1.54) is 167 Å². The SMILES string of the molecule is CCCCC/C=C\CCCCCCCC(=O)NC(COC1OC(CO)C(OC2OC(CO)C(OC3OC(CO)C(O)C(O)C3O)C(O)C2O)C(O)C1O)C(O)/C=C/CCCCCCCCCCCCCCCCCCCCCCCCCCCC. The van der Waals surface area contributed by atoms with Gasteiger partial charge in [0.05, 0.1) is 38.6 Å². The lowest BCUT2D eigenvalue weighted by Crippen LogP contribution is -2.66. The van der Waals surface area contributed by atoms with Crippen LogP contribution in [0.3, 0.4) is 0 Å². The summed E-state index contributed by atoms with van der Waals surface area (Å²) in [6.45, 7) is 1.71. The highest BCUT2D eigenvalue weighted by atomic mass is 16.8. The van der Waals surface area contributed by atoms with Gasteiger partial charge in [0, 0.05) is 6.42 Å². The van der Waals surface area contributed by atoms with E-state index in [2.05, 4.69) is 31.3 Å². The summed E-state index contributed by atoms with van der Waals surface area (Å²) in [5.74, 6) is -0.284. The maximum absolute atomic E-state index is 13.3.